The quantitative estimate of drug-likeness (QED) is 0.506. The number of benzene rings is 1. The summed E-state index contributed by atoms with van der Waals surface area (Å²) in [5.74, 6) is 2.70. The van der Waals surface area contributed by atoms with Crippen LogP contribution in [0.3, 0.4) is 0 Å². The highest BCUT2D eigenvalue weighted by Crippen LogP contribution is 2.23. The van der Waals surface area contributed by atoms with Gasteiger partial charge in [0, 0.05) is 77.0 Å². The molecule has 0 spiro atoms. The minimum Gasteiger partial charge on any atom is -0.497 e. The molecule has 2 aliphatic rings. The van der Waals surface area contributed by atoms with Gasteiger partial charge in [-0.3, -0.25) is 4.79 Å². The SMILES string of the molecule is CCN1CCN(C(=O)CCc2nnc3ccc(N4CCN(c5cccc(OC)c5)CC4)nn23)CC1. The molecule has 35 heavy (non-hydrogen) atoms. The third-order valence-electron chi connectivity index (χ3n) is 7.07. The van der Waals surface area contributed by atoms with E-state index in [1.54, 1.807) is 11.6 Å². The summed E-state index contributed by atoms with van der Waals surface area (Å²) in [6.45, 7) is 10.3. The predicted octanol–water partition coefficient (Wildman–Crippen LogP) is 1.56. The molecule has 0 N–H and O–H groups in total. The number of nitrogens with zero attached hydrogens (tertiary/aromatic N) is 8. The maximum absolute atomic E-state index is 12.7. The molecule has 2 aliphatic heterocycles. The molecule has 2 aromatic heterocycles. The molecule has 0 atom stereocenters. The fourth-order valence-corrected chi connectivity index (χ4v) is 4.84. The number of anilines is 2. The fourth-order valence-electron chi connectivity index (χ4n) is 4.84. The first-order chi connectivity index (χ1) is 17.1. The molecule has 0 unspecified atom stereocenters. The molecular formula is C25H34N8O2. The van der Waals surface area contributed by atoms with Crippen LogP contribution in [0.15, 0.2) is 36.4 Å². The van der Waals surface area contributed by atoms with Gasteiger partial charge >= 0.3 is 0 Å². The molecule has 0 saturated carbocycles. The molecule has 5 rings (SSSR count). The molecule has 186 valence electrons. The van der Waals surface area contributed by atoms with Gasteiger partial charge in [-0.15, -0.1) is 15.3 Å². The number of fused-ring (bicyclic) bond motifs is 1. The zero-order valence-electron chi connectivity index (χ0n) is 20.6. The summed E-state index contributed by atoms with van der Waals surface area (Å²) in [6, 6.07) is 12.2. The van der Waals surface area contributed by atoms with Crippen LogP contribution in [0, 0.1) is 0 Å². The predicted molar refractivity (Wildman–Crippen MR) is 135 cm³/mol. The van der Waals surface area contributed by atoms with Crippen molar-refractivity contribution in [2.75, 3.05) is 75.8 Å². The van der Waals surface area contributed by atoms with Crippen molar-refractivity contribution in [3.8, 4) is 5.75 Å². The average Bonchev–Trinajstić information content (AvgIpc) is 3.34. The van der Waals surface area contributed by atoms with Gasteiger partial charge in [-0.25, -0.2) is 0 Å². The minimum atomic E-state index is 0.183. The van der Waals surface area contributed by atoms with E-state index < -0.39 is 0 Å². The highest BCUT2D eigenvalue weighted by molar-refractivity contribution is 5.76. The van der Waals surface area contributed by atoms with Crippen LogP contribution in [-0.4, -0.2) is 102 Å². The first kappa shape index (κ1) is 23.3. The third kappa shape index (κ3) is 5.17. The Morgan fingerprint density at radius 1 is 0.943 bits per heavy atom. The number of ether oxygens (including phenoxy) is 1. The lowest BCUT2D eigenvalue weighted by atomic mass is 10.2. The van der Waals surface area contributed by atoms with Crippen molar-refractivity contribution in [2.45, 2.75) is 19.8 Å². The Labute approximate surface area is 206 Å². The number of hydrogen-bond acceptors (Lipinski definition) is 8. The van der Waals surface area contributed by atoms with E-state index >= 15 is 0 Å². The molecule has 4 heterocycles. The van der Waals surface area contributed by atoms with Crippen LogP contribution in [-0.2, 0) is 11.2 Å². The molecule has 1 aromatic carbocycles. The van der Waals surface area contributed by atoms with Gasteiger partial charge in [-0.2, -0.15) is 4.52 Å². The average molecular weight is 479 g/mol. The van der Waals surface area contributed by atoms with Crippen molar-refractivity contribution < 1.29 is 9.53 Å². The number of rotatable bonds is 7. The Morgan fingerprint density at radius 2 is 1.71 bits per heavy atom. The lowest BCUT2D eigenvalue weighted by Gasteiger charge is -2.36. The normalized spacial score (nSPS) is 17.3. The summed E-state index contributed by atoms with van der Waals surface area (Å²) in [5, 5.41) is 13.4. The van der Waals surface area contributed by atoms with Crippen molar-refractivity contribution in [2.24, 2.45) is 0 Å². The van der Waals surface area contributed by atoms with Crippen LogP contribution < -0.4 is 14.5 Å². The Hall–Kier alpha value is -3.40. The Kier molecular flexibility index (Phi) is 6.98. The van der Waals surface area contributed by atoms with Crippen LogP contribution in [0.2, 0.25) is 0 Å². The number of aryl methyl sites for hydroxylation is 1. The first-order valence-electron chi connectivity index (χ1n) is 12.5. The molecule has 0 aliphatic carbocycles. The number of carbonyl (C=O) groups excluding carboxylic acids is 1. The van der Waals surface area contributed by atoms with Crippen LogP contribution in [0.1, 0.15) is 19.2 Å². The van der Waals surface area contributed by atoms with E-state index in [2.05, 4.69) is 44.0 Å². The number of hydrogen-bond donors (Lipinski definition) is 0. The molecule has 10 heteroatoms. The molecule has 10 nitrogen and oxygen atoms in total. The van der Waals surface area contributed by atoms with E-state index in [0.29, 0.717) is 18.5 Å². The maximum atomic E-state index is 12.7. The smallest absolute Gasteiger partial charge is 0.223 e. The van der Waals surface area contributed by atoms with Crippen LogP contribution >= 0.6 is 0 Å². The highest BCUT2D eigenvalue weighted by Gasteiger charge is 2.22. The second-order valence-electron chi connectivity index (χ2n) is 9.07. The Morgan fingerprint density at radius 3 is 2.46 bits per heavy atom. The van der Waals surface area contributed by atoms with E-state index in [9.17, 15) is 4.79 Å². The van der Waals surface area contributed by atoms with Gasteiger partial charge in [-0.1, -0.05) is 13.0 Å². The second-order valence-corrected chi connectivity index (χ2v) is 9.07. The standard InChI is InChI=1S/C25H34N8O2/c1-3-29-11-13-32(14-12-29)25(34)10-9-23-27-26-22-7-8-24(28-33(22)23)31-17-15-30(16-18-31)20-5-4-6-21(19-20)35-2/h4-8,19H,3,9-18H2,1-2H3. The maximum Gasteiger partial charge on any atom is 0.223 e. The molecule has 3 aromatic rings. The minimum absolute atomic E-state index is 0.183. The largest absolute Gasteiger partial charge is 0.497 e. The number of piperazine rings is 2. The van der Waals surface area contributed by atoms with Gasteiger partial charge in [0.15, 0.2) is 11.5 Å². The summed E-state index contributed by atoms with van der Waals surface area (Å²) >= 11 is 0. The van der Waals surface area contributed by atoms with E-state index in [4.69, 9.17) is 9.84 Å². The number of amides is 1. The summed E-state index contributed by atoms with van der Waals surface area (Å²) in [6.07, 6.45) is 0.964. The number of methoxy groups -OCH3 is 1. The molecule has 0 radical (unpaired) electrons. The first-order valence-corrected chi connectivity index (χ1v) is 12.5. The van der Waals surface area contributed by atoms with Crippen molar-refractivity contribution in [3.63, 3.8) is 0 Å². The zero-order valence-corrected chi connectivity index (χ0v) is 20.6. The molecular weight excluding hydrogens is 444 g/mol. The van der Waals surface area contributed by atoms with Gasteiger partial charge in [0.1, 0.15) is 11.6 Å². The molecule has 2 saturated heterocycles. The lowest BCUT2D eigenvalue weighted by molar-refractivity contribution is -0.132. The van der Waals surface area contributed by atoms with Crippen molar-refractivity contribution in [3.05, 3.63) is 42.2 Å². The van der Waals surface area contributed by atoms with E-state index in [1.807, 2.05) is 29.2 Å². The number of likely N-dealkylation sites (N-methyl/N-ethyl adjacent to an activating group) is 1. The van der Waals surface area contributed by atoms with Crippen LogP contribution in [0.25, 0.3) is 5.65 Å². The molecule has 2 fully saturated rings. The van der Waals surface area contributed by atoms with Crippen molar-refractivity contribution >= 4 is 23.1 Å². The molecule has 0 bridgehead atoms. The van der Waals surface area contributed by atoms with E-state index in [1.165, 1.54) is 5.69 Å². The van der Waals surface area contributed by atoms with Gasteiger partial charge in [0.2, 0.25) is 5.91 Å². The van der Waals surface area contributed by atoms with Crippen molar-refractivity contribution in [1.29, 1.82) is 0 Å². The summed E-state index contributed by atoms with van der Waals surface area (Å²) in [4.78, 5) is 21.7. The van der Waals surface area contributed by atoms with Crippen LogP contribution in [0.5, 0.6) is 5.75 Å². The Balaban J connectivity index is 1.20. The van der Waals surface area contributed by atoms with Crippen molar-refractivity contribution in [1.82, 2.24) is 29.6 Å². The van der Waals surface area contributed by atoms with Gasteiger partial charge in [0.05, 0.1) is 7.11 Å². The number of aromatic nitrogens is 4. The number of carbonyl (C=O) groups is 1. The second kappa shape index (κ2) is 10.5. The van der Waals surface area contributed by atoms with Crippen LogP contribution in [0.4, 0.5) is 11.5 Å². The lowest BCUT2D eigenvalue weighted by Crippen LogP contribution is -2.48. The third-order valence-corrected chi connectivity index (χ3v) is 7.07. The highest BCUT2D eigenvalue weighted by atomic mass is 16.5. The summed E-state index contributed by atoms with van der Waals surface area (Å²) in [7, 11) is 1.70. The molecule has 1 amide bonds. The summed E-state index contributed by atoms with van der Waals surface area (Å²) in [5.41, 5.74) is 1.89. The fraction of sp³-hybridized carbons (Fsp3) is 0.520. The Bertz CT molecular complexity index is 1150. The van der Waals surface area contributed by atoms with Gasteiger partial charge in [0.25, 0.3) is 0 Å². The van der Waals surface area contributed by atoms with Gasteiger partial charge < -0.3 is 24.3 Å². The topological polar surface area (TPSA) is 82.3 Å². The van der Waals surface area contributed by atoms with E-state index in [0.717, 1.165) is 76.3 Å². The zero-order chi connectivity index (χ0) is 24.2. The van der Waals surface area contributed by atoms with E-state index in [-0.39, 0.29) is 5.91 Å². The monoisotopic (exact) mass is 478 g/mol. The summed E-state index contributed by atoms with van der Waals surface area (Å²) < 4.78 is 7.17. The van der Waals surface area contributed by atoms with Gasteiger partial charge in [-0.05, 0) is 30.8 Å².